The Morgan fingerprint density at radius 2 is 2.35 bits per heavy atom. The summed E-state index contributed by atoms with van der Waals surface area (Å²) in [5, 5.41) is 15.4. The fraction of sp³-hybridized carbons (Fsp3) is 0.125. The lowest BCUT2D eigenvalue weighted by Gasteiger charge is -2.04. The number of nitro groups is 1. The van der Waals surface area contributed by atoms with Crippen LogP contribution < -0.4 is 11.1 Å². The third kappa shape index (κ3) is 2.64. The summed E-state index contributed by atoms with van der Waals surface area (Å²) in [4.78, 5) is 21.6. The van der Waals surface area contributed by atoms with Gasteiger partial charge in [0.2, 0.25) is 11.8 Å². The van der Waals surface area contributed by atoms with Crippen LogP contribution in [-0.2, 0) is 6.54 Å². The third-order valence-corrected chi connectivity index (χ3v) is 2.54. The van der Waals surface area contributed by atoms with Crippen molar-refractivity contribution in [1.82, 2.24) is 15.0 Å². The lowest BCUT2D eigenvalue weighted by Crippen LogP contribution is -2.07. The van der Waals surface area contributed by atoms with Crippen LogP contribution in [-0.4, -0.2) is 19.9 Å². The van der Waals surface area contributed by atoms with Crippen molar-refractivity contribution in [2.45, 2.75) is 6.54 Å². The van der Waals surface area contributed by atoms with Gasteiger partial charge in [0.1, 0.15) is 6.20 Å². The number of nitrogens with one attached hydrogen (secondary N) is 1. The number of rotatable bonds is 4. The van der Waals surface area contributed by atoms with E-state index in [4.69, 9.17) is 5.73 Å². The molecule has 0 fully saturated rings. The normalized spacial score (nSPS) is 10.1. The predicted octanol–water partition coefficient (Wildman–Crippen LogP) is 1.04. The van der Waals surface area contributed by atoms with Crippen molar-refractivity contribution in [2.75, 3.05) is 11.1 Å². The molecule has 3 N–H and O–H groups in total. The maximum atomic E-state index is 10.7. The van der Waals surface area contributed by atoms with Crippen molar-refractivity contribution in [3.63, 3.8) is 0 Å². The number of nitrogens with zero attached hydrogens (tertiary/aromatic N) is 4. The van der Waals surface area contributed by atoms with Crippen LogP contribution >= 0.6 is 11.3 Å². The summed E-state index contributed by atoms with van der Waals surface area (Å²) < 4.78 is 0. The molecule has 0 saturated carbocycles. The Bertz CT molecular complexity index is 529. The van der Waals surface area contributed by atoms with E-state index in [1.807, 2.05) is 5.38 Å². The summed E-state index contributed by atoms with van der Waals surface area (Å²) in [7, 11) is 0. The number of aromatic nitrogens is 3. The van der Waals surface area contributed by atoms with Crippen LogP contribution in [0.25, 0.3) is 0 Å². The SMILES string of the molecule is Nc1ncc([N+](=O)[O-])c(NCc2cscn2)n1. The molecule has 8 nitrogen and oxygen atoms in total. The molecule has 2 aromatic heterocycles. The van der Waals surface area contributed by atoms with E-state index < -0.39 is 4.92 Å². The Hall–Kier alpha value is -2.29. The summed E-state index contributed by atoms with van der Waals surface area (Å²) in [5.74, 6) is 0.0758. The van der Waals surface area contributed by atoms with Crippen molar-refractivity contribution in [3.05, 3.63) is 32.9 Å². The second kappa shape index (κ2) is 4.70. The summed E-state index contributed by atoms with van der Waals surface area (Å²) in [6.45, 7) is 0.348. The molecule has 2 aromatic rings. The molecule has 17 heavy (non-hydrogen) atoms. The Morgan fingerprint density at radius 3 is 3.00 bits per heavy atom. The van der Waals surface area contributed by atoms with Crippen LogP contribution in [0, 0.1) is 10.1 Å². The first-order valence-corrected chi connectivity index (χ1v) is 5.49. The number of nitrogens with two attached hydrogens (primary N) is 1. The fourth-order valence-corrected chi connectivity index (χ4v) is 1.71. The molecule has 0 aliphatic heterocycles. The number of anilines is 2. The van der Waals surface area contributed by atoms with Crippen LogP contribution in [0.5, 0.6) is 0 Å². The average Bonchev–Trinajstić information content (AvgIpc) is 2.78. The lowest BCUT2D eigenvalue weighted by atomic mass is 10.4. The van der Waals surface area contributed by atoms with Crippen molar-refractivity contribution in [1.29, 1.82) is 0 Å². The van der Waals surface area contributed by atoms with E-state index in [1.54, 1.807) is 5.51 Å². The second-order valence-electron chi connectivity index (χ2n) is 3.05. The standard InChI is InChI=1S/C8H8N6O2S/c9-8-11-2-6(14(15)16)7(13-8)10-1-5-3-17-4-12-5/h2-4H,1H2,(H3,9,10,11,13). The topological polar surface area (TPSA) is 120 Å². The third-order valence-electron chi connectivity index (χ3n) is 1.91. The Balaban J connectivity index is 2.19. The first-order chi connectivity index (χ1) is 8.16. The van der Waals surface area contributed by atoms with E-state index in [0.29, 0.717) is 6.54 Å². The van der Waals surface area contributed by atoms with Gasteiger partial charge in [-0.05, 0) is 0 Å². The lowest BCUT2D eigenvalue weighted by molar-refractivity contribution is -0.384. The van der Waals surface area contributed by atoms with Gasteiger partial charge in [0, 0.05) is 5.38 Å². The zero-order chi connectivity index (χ0) is 12.3. The molecule has 0 aliphatic rings. The maximum absolute atomic E-state index is 10.7. The summed E-state index contributed by atoms with van der Waals surface area (Å²) >= 11 is 1.45. The molecule has 9 heteroatoms. The molecule has 2 heterocycles. The van der Waals surface area contributed by atoms with Crippen molar-refractivity contribution >= 4 is 28.8 Å². The zero-order valence-electron chi connectivity index (χ0n) is 8.53. The summed E-state index contributed by atoms with van der Waals surface area (Å²) in [6.07, 6.45) is 1.08. The van der Waals surface area contributed by atoms with Gasteiger partial charge in [0.15, 0.2) is 0 Å². The van der Waals surface area contributed by atoms with E-state index in [1.165, 1.54) is 11.3 Å². The molecule has 88 valence electrons. The molecule has 0 saturated heterocycles. The van der Waals surface area contributed by atoms with Gasteiger partial charge in [-0.1, -0.05) is 0 Å². The quantitative estimate of drug-likeness (QED) is 0.616. The molecule has 0 bridgehead atoms. The highest BCUT2D eigenvalue weighted by Crippen LogP contribution is 2.21. The van der Waals surface area contributed by atoms with Gasteiger partial charge in [-0.15, -0.1) is 11.3 Å². The van der Waals surface area contributed by atoms with Crippen LogP contribution in [0.3, 0.4) is 0 Å². The zero-order valence-corrected chi connectivity index (χ0v) is 9.35. The van der Waals surface area contributed by atoms with Gasteiger partial charge >= 0.3 is 5.69 Å². The Labute approximate surface area is 99.7 Å². The molecule has 2 rings (SSSR count). The summed E-state index contributed by atoms with van der Waals surface area (Å²) in [5.41, 5.74) is 7.62. The number of nitrogen functional groups attached to an aromatic ring is 1. The Morgan fingerprint density at radius 1 is 1.53 bits per heavy atom. The van der Waals surface area contributed by atoms with Crippen molar-refractivity contribution in [3.8, 4) is 0 Å². The van der Waals surface area contributed by atoms with Crippen molar-refractivity contribution in [2.24, 2.45) is 0 Å². The molecule has 0 radical (unpaired) electrons. The smallest absolute Gasteiger partial charge is 0.329 e. The first-order valence-electron chi connectivity index (χ1n) is 4.54. The molecule has 0 aromatic carbocycles. The van der Waals surface area contributed by atoms with E-state index in [2.05, 4.69) is 20.3 Å². The van der Waals surface area contributed by atoms with E-state index in [0.717, 1.165) is 11.9 Å². The van der Waals surface area contributed by atoms with Crippen LogP contribution in [0.2, 0.25) is 0 Å². The van der Waals surface area contributed by atoms with Gasteiger partial charge in [-0.3, -0.25) is 10.1 Å². The molecule has 0 spiro atoms. The molecule has 0 aliphatic carbocycles. The molecule has 0 unspecified atom stereocenters. The molecule has 0 atom stereocenters. The minimum Gasteiger partial charge on any atom is -0.368 e. The van der Waals surface area contributed by atoms with Crippen LogP contribution in [0.1, 0.15) is 5.69 Å². The first kappa shape index (κ1) is 11.2. The Kier molecular flexibility index (Phi) is 3.10. The van der Waals surface area contributed by atoms with Gasteiger partial charge in [0.25, 0.3) is 0 Å². The highest BCUT2D eigenvalue weighted by Gasteiger charge is 2.16. The van der Waals surface area contributed by atoms with Gasteiger partial charge in [-0.2, -0.15) is 4.98 Å². The van der Waals surface area contributed by atoms with E-state index >= 15 is 0 Å². The molecular weight excluding hydrogens is 244 g/mol. The highest BCUT2D eigenvalue weighted by atomic mass is 32.1. The maximum Gasteiger partial charge on any atom is 0.329 e. The second-order valence-corrected chi connectivity index (χ2v) is 3.77. The molecule has 0 amide bonds. The summed E-state index contributed by atoms with van der Waals surface area (Å²) in [6, 6.07) is 0. The predicted molar refractivity (Wildman–Crippen MR) is 62.5 cm³/mol. The van der Waals surface area contributed by atoms with Gasteiger partial charge < -0.3 is 11.1 Å². The largest absolute Gasteiger partial charge is 0.368 e. The minimum atomic E-state index is -0.567. The number of hydrogen-bond donors (Lipinski definition) is 2. The van der Waals surface area contributed by atoms with Crippen LogP contribution in [0.15, 0.2) is 17.1 Å². The fourth-order valence-electron chi connectivity index (χ4n) is 1.15. The van der Waals surface area contributed by atoms with Crippen LogP contribution in [0.4, 0.5) is 17.5 Å². The van der Waals surface area contributed by atoms with Crippen molar-refractivity contribution < 1.29 is 4.92 Å². The highest BCUT2D eigenvalue weighted by molar-refractivity contribution is 7.07. The minimum absolute atomic E-state index is 0.0172. The number of hydrogen-bond acceptors (Lipinski definition) is 8. The van der Waals surface area contributed by atoms with Gasteiger partial charge in [-0.25, -0.2) is 9.97 Å². The van der Waals surface area contributed by atoms with E-state index in [-0.39, 0.29) is 17.5 Å². The average molecular weight is 252 g/mol. The van der Waals surface area contributed by atoms with E-state index in [9.17, 15) is 10.1 Å². The molecular formula is C8H8N6O2S. The van der Waals surface area contributed by atoms with Gasteiger partial charge in [0.05, 0.1) is 22.7 Å². The monoisotopic (exact) mass is 252 g/mol. The number of thiazole rings is 1.